The number of nitrogens with zero attached hydrogens (tertiary/aromatic N) is 3. The van der Waals surface area contributed by atoms with Crippen LogP contribution in [0.25, 0.3) is 0 Å². The molecule has 2 saturated heterocycles. The Morgan fingerprint density at radius 1 is 1.06 bits per heavy atom. The molecule has 176 valence electrons. The van der Waals surface area contributed by atoms with Gasteiger partial charge in [0.25, 0.3) is 0 Å². The molecule has 0 amide bonds. The Labute approximate surface area is 207 Å². The summed E-state index contributed by atoms with van der Waals surface area (Å²) in [5.41, 5.74) is 1.41. The maximum Gasteiger partial charge on any atom is 0.191 e. The molecule has 2 unspecified atom stereocenters. The molecule has 2 aliphatic heterocycles. The second kappa shape index (κ2) is 14.3. The van der Waals surface area contributed by atoms with Crippen molar-refractivity contribution < 1.29 is 0 Å². The zero-order valence-corrected chi connectivity index (χ0v) is 22.2. The highest BCUT2D eigenvalue weighted by Gasteiger charge is 2.26. The molecule has 0 saturated carbocycles. The molecular formula is C25H44IN5. The van der Waals surface area contributed by atoms with Gasteiger partial charge in [-0.2, -0.15) is 0 Å². The van der Waals surface area contributed by atoms with Gasteiger partial charge in [-0.05, 0) is 77.1 Å². The fraction of sp³-hybridized carbons (Fsp3) is 0.720. The Balaban J connectivity index is 0.00000341. The van der Waals surface area contributed by atoms with E-state index in [9.17, 15) is 0 Å². The van der Waals surface area contributed by atoms with Crippen LogP contribution in [0.3, 0.4) is 0 Å². The molecule has 0 radical (unpaired) electrons. The van der Waals surface area contributed by atoms with Crippen LogP contribution >= 0.6 is 24.0 Å². The van der Waals surface area contributed by atoms with Gasteiger partial charge in [0.05, 0.1) is 0 Å². The summed E-state index contributed by atoms with van der Waals surface area (Å²) in [7, 11) is 0. The fourth-order valence-electron chi connectivity index (χ4n) is 4.85. The van der Waals surface area contributed by atoms with Gasteiger partial charge in [-0.3, -0.25) is 9.89 Å². The third-order valence-corrected chi connectivity index (χ3v) is 6.68. The van der Waals surface area contributed by atoms with Gasteiger partial charge in [0, 0.05) is 38.3 Å². The predicted molar refractivity (Wildman–Crippen MR) is 143 cm³/mol. The molecule has 2 fully saturated rings. The fourth-order valence-corrected chi connectivity index (χ4v) is 4.85. The first-order valence-corrected chi connectivity index (χ1v) is 12.2. The number of rotatable bonds is 8. The Morgan fingerprint density at radius 2 is 1.81 bits per heavy atom. The number of benzene rings is 1. The van der Waals surface area contributed by atoms with E-state index in [2.05, 4.69) is 71.5 Å². The molecule has 0 bridgehead atoms. The number of nitrogens with one attached hydrogen (secondary N) is 2. The minimum atomic E-state index is 0. The Hall–Kier alpha value is -0.860. The first-order valence-electron chi connectivity index (χ1n) is 12.2. The topological polar surface area (TPSA) is 42.9 Å². The summed E-state index contributed by atoms with van der Waals surface area (Å²) < 4.78 is 0. The summed E-state index contributed by atoms with van der Waals surface area (Å²) in [4.78, 5) is 10.2. The average Bonchev–Trinajstić information content (AvgIpc) is 2.76. The molecule has 3 rings (SSSR count). The molecule has 0 aromatic heterocycles. The van der Waals surface area contributed by atoms with Gasteiger partial charge < -0.3 is 15.5 Å². The molecule has 2 atom stereocenters. The number of guanidine groups is 1. The van der Waals surface area contributed by atoms with Crippen molar-refractivity contribution in [1.29, 1.82) is 0 Å². The first kappa shape index (κ1) is 26.4. The van der Waals surface area contributed by atoms with Crippen molar-refractivity contribution in [3.8, 4) is 0 Å². The monoisotopic (exact) mass is 541 g/mol. The second-order valence-electron chi connectivity index (χ2n) is 9.18. The maximum absolute atomic E-state index is 4.98. The number of aliphatic imine (C=N–C) groups is 1. The van der Waals surface area contributed by atoms with Crippen LogP contribution in [0.15, 0.2) is 35.3 Å². The van der Waals surface area contributed by atoms with Crippen LogP contribution in [0.1, 0.15) is 58.4 Å². The quantitative estimate of drug-likeness (QED) is 0.292. The highest BCUT2D eigenvalue weighted by Crippen LogP contribution is 2.20. The van der Waals surface area contributed by atoms with Gasteiger partial charge in [-0.25, -0.2) is 0 Å². The molecule has 2 heterocycles. The van der Waals surface area contributed by atoms with Crippen LogP contribution < -0.4 is 10.6 Å². The maximum atomic E-state index is 4.98. The summed E-state index contributed by atoms with van der Waals surface area (Å²) in [6.07, 6.45) is 6.19. The summed E-state index contributed by atoms with van der Waals surface area (Å²) in [5.74, 6) is 1.75. The molecule has 31 heavy (non-hydrogen) atoms. The predicted octanol–water partition coefficient (Wildman–Crippen LogP) is 4.33. The van der Waals surface area contributed by atoms with Crippen LogP contribution in [0.4, 0.5) is 0 Å². The third-order valence-electron chi connectivity index (χ3n) is 6.68. The van der Waals surface area contributed by atoms with E-state index < -0.39 is 0 Å². The van der Waals surface area contributed by atoms with E-state index in [1.165, 1.54) is 57.3 Å². The van der Waals surface area contributed by atoms with E-state index in [0.29, 0.717) is 12.1 Å². The van der Waals surface area contributed by atoms with Crippen LogP contribution in [0.2, 0.25) is 0 Å². The van der Waals surface area contributed by atoms with Gasteiger partial charge >= 0.3 is 0 Å². The van der Waals surface area contributed by atoms with Gasteiger partial charge in [0.1, 0.15) is 0 Å². The molecule has 1 aromatic rings. The lowest BCUT2D eigenvalue weighted by atomic mass is 9.97. The van der Waals surface area contributed by atoms with Crippen LogP contribution in [0, 0.1) is 5.92 Å². The summed E-state index contributed by atoms with van der Waals surface area (Å²) in [6.45, 7) is 14.6. The van der Waals surface area contributed by atoms with Crippen molar-refractivity contribution in [3.63, 3.8) is 0 Å². The summed E-state index contributed by atoms with van der Waals surface area (Å²) in [6, 6.07) is 11.9. The molecule has 0 aliphatic carbocycles. The lowest BCUT2D eigenvalue weighted by Crippen LogP contribution is -2.51. The standard InChI is InChI=1S/C25H43N5.HI/c1-4-14-29-15-11-22(12-16-29)19-27-25(26-5-2)28-24-13-17-30(21(3)18-24)20-23-9-7-6-8-10-23;/h6-10,21-22,24H,4-5,11-20H2,1-3H3,(H2,26,27,28);1H. The Kier molecular flexibility index (Phi) is 12.2. The van der Waals surface area contributed by atoms with Crippen LogP contribution in [-0.2, 0) is 6.54 Å². The molecular weight excluding hydrogens is 497 g/mol. The zero-order chi connectivity index (χ0) is 21.2. The zero-order valence-electron chi connectivity index (χ0n) is 19.9. The van der Waals surface area contributed by atoms with Gasteiger partial charge in [-0.1, -0.05) is 37.3 Å². The summed E-state index contributed by atoms with van der Waals surface area (Å²) >= 11 is 0. The van der Waals surface area contributed by atoms with Crippen molar-refractivity contribution in [3.05, 3.63) is 35.9 Å². The van der Waals surface area contributed by atoms with E-state index in [1.54, 1.807) is 0 Å². The highest BCUT2D eigenvalue weighted by atomic mass is 127. The number of hydrogen-bond acceptors (Lipinski definition) is 3. The molecule has 2 N–H and O–H groups in total. The van der Waals surface area contributed by atoms with E-state index in [4.69, 9.17) is 4.99 Å². The van der Waals surface area contributed by atoms with Crippen molar-refractivity contribution in [2.45, 2.75) is 71.5 Å². The van der Waals surface area contributed by atoms with Crippen molar-refractivity contribution in [2.75, 3.05) is 39.3 Å². The van der Waals surface area contributed by atoms with Crippen molar-refractivity contribution in [1.82, 2.24) is 20.4 Å². The SMILES string of the molecule is CCCN1CCC(CN=C(NCC)NC2CCN(Cc3ccccc3)C(C)C2)CC1.I. The van der Waals surface area contributed by atoms with Crippen molar-refractivity contribution >= 4 is 29.9 Å². The van der Waals surface area contributed by atoms with Gasteiger partial charge in [-0.15, -0.1) is 24.0 Å². The number of likely N-dealkylation sites (tertiary alicyclic amines) is 2. The average molecular weight is 542 g/mol. The molecule has 0 spiro atoms. The first-order chi connectivity index (χ1) is 14.7. The van der Waals surface area contributed by atoms with Gasteiger partial charge in [0.15, 0.2) is 5.96 Å². The number of piperidine rings is 2. The summed E-state index contributed by atoms with van der Waals surface area (Å²) in [5, 5.41) is 7.22. The minimum Gasteiger partial charge on any atom is -0.357 e. The lowest BCUT2D eigenvalue weighted by molar-refractivity contribution is 0.134. The number of hydrogen-bond donors (Lipinski definition) is 2. The molecule has 5 nitrogen and oxygen atoms in total. The Bertz CT molecular complexity index is 630. The normalized spacial score (nSPS) is 23.9. The third kappa shape index (κ3) is 8.89. The minimum absolute atomic E-state index is 0. The van der Waals surface area contributed by atoms with Crippen LogP contribution in [-0.4, -0.2) is 67.1 Å². The van der Waals surface area contributed by atoms with Gasteiger partial charge in [0.2, 0.25) is 0 Å². The molecule has 1 aromatic carbocycles. The van der Waals surface area contributed by atoms with Crippen molar-refractivity contribution in [2.24, 2.45) is 10.9 Å². The lowest BCUT2D eigenvalue weighted by Gasteiger charge is -2.38. The van der Waals surface area contributed by atoms with E-state index in [0.717, 1.165) is 38.1 Å². The molecule has 2 aliphatic rings. The van der Waals surface area contributed by atoms with Crippen LogP contribution in [0.5, 0.6) is 0 Å². The Morgan fingerprint density at radius 3 is 2.45 bits per heavy atom. The van der Waals surface area contributed by atoms with E-state index in [-0.39, 0.29) is 24.0 Å². The van der Waals surface area contributed by atoms with E-state index in [1.807, 2.05) is 0 Å². The second-order valence-corrected chi connectivity index (χ2v) is 9.18. The highest BCUT2D eigenvalue weighted by molar-refractivity contribution is 14.0. The largest absolute Gasteiger partial charge is 0.357 e. The smallest absolute Gasteiger partial charge is 0.191 e. The molecule has 6 heteroatoms. The number of halogens is 1. The van der Waals surface area contributed by atoms with E-state index >= 15 is 0 Å².